The largest absolute Gasteiger partial charge is 0.469 e. The van der Waals surface area contributed by atoms with Crippen LogP contribution >= 0.6 is 0 Å². The predicted molar refractivity (Wildman–Crippen MR) is 125 cm³/mol. The molecule has 2 saturated heterocycles. The lowest BCUT2D eigenvalue weighted by molar-refractivity contribution is -0.145. The van der Waals surface area contributed by atoms with Gasteiger partial charge in [-0.05, 0) is 42.2 Å². The molecule has 0 saturated carbocycles. The Morgan fingerprint density at radius 2 is 1.84 bits per heavy atom. The summed E-state index contributed by atoms with van der Waals surface area (Å²) >= 11 is 0. The highest BCUT2D eigenvalue weighted by Crippen LogP contribution is 2.36. The summed E-state index contributed by atoms with van der Waals surface area (Å²) in [6, 6.07) is 14.9. The van der Waals surface area contributed by atoms with Gasteiger partial charge in [-0.15, -0.1) is 0 Å². The number of carbonyl (C=O) groups excluding carboxylic acids is 1. The van der Waals surface area contributed by atoms with Crippen LogP contribution in [0.3, 0.4) is 0 Å². The molecule has 2 aliphatic rings. The molecule has 7 heteroatoms. The number of morpholine rings is 1. The van der Waals surface area contributed by atoms with Crippen LogP contribution in [-0.4, -0.2) is 62.4 Å². The highest BCUT2D eigenvalue weighted by atomic mass is 16.5. The number of carbonyl (C=O) groups is 1. The van der Waals surface area contributed by atoms with Gasteiger partial charge in [0.05, 0.1) is 37.1 Å². The Balaban J connectivity index is 1.51. The molecule has 7 nitrogen and oxygen atoms in total. The lowest BCUT2D eigenvalue weighted by atomic mass is 9.96. The molecule has 32 heavy (non-hydrogen) atoms. The van der Waals surface area contributed by atoms with Crippen molar-refractivity contribution in [2.24, 2.45) is 5.92 Å². The van der Waals surface area contributed by atoms with Crippen LogP contribution in [0.5, 0.6) is 0 Å². The van der Waals surface area contributed by atoms with Gasteiger partial charge in [-0.1, -0.05) is 24.3 Å². The van der Waals surface area contributed by atoms with Crippen molar-refractivity contribution in [3.05, 3.63) is 48.8 Å². The molecular formula is C25H28N4O3. The van der Waals surface area contributed by atoms with Crippen LogP contribution in [0.4, 0.5) is 11.5 Å². The highest BCUT2D eigenvalue weighted by Gasteiger charge is 2.28. The van der Waals surface area contributed by atoms with Gasteiger partial charge in [-0.3, -0.25) is 4.79 Å². The molecule has 1 aromatic heterocycles. The third-order valence-electron chi connectivity index (χ3n) is 6.45. The standard InChI is InChI=1S/C25H28N4O3/c1-31-25(30)19-4-3-11-29(16-19)24-23-21(5-2-6-22(23)26-17-27-24)18-7-9-20(10-8-18)28-12-14-32-15-13-28/h2,5-10,17,19H,3-4,11-16H2,1H3. The van der Waals surface area contributed by atoms with Crippen molar-refractivity contribution >= 4 is 28.4 Å². The van der Waals surface area contributed by atoms with E-state index in [1.807, 2.05) is 12.1 Å². The maximum absolute atomic E-state index is 12.2. The van der Waals surface area contributed by atoms with Crippen LogP contribution in [-0.2, 0) is 14.3 Å². The van der Waals surface area contributed by atoms with Crippen molar-refractivity contribution in [3.63, 3.8) is 0 Å². The van der Waals surface area contributed by atoms with E-state index in [1.165, 1.54) is 12.8 Å². The molecular weight excluding hydrogens is 404 g/mol. The Morgan fingerprint density at radius 1 is 1.03 bits per heavy atom. The zero-order chi connectivity index (χ0) is 21.9. The molecule has 1 atom stereocenters. The molecule has 0 N–H and O–H groups in total. The molecule has 0 amide bonds. The summed E-state index contributed by atoms with van der Waals surface area (Å²) in [5.74, 6) is 0.613. The lowest BCUT2D eigenvalue weighted by Gasteiger charge is -2.33. The number of ether oxygens (including phenoxy) is 2. The van der Waals surface area contributed by atoms with Crippen molar-refractivity contribution in [3.8, 4) is 11.1 Å². The van der Waals surface area contributed by atoms with E-state index in [0.29, 0.717) is 6.54 Å². The van der Waals surface area contributed by atoms with Gasteiger partial charge < -0.3 is 19.3 Å². The smallest absolute Gasteiger partial charge is 0.310 e. The van der Waals surface area contributed by atoms with Gasteiger partial charge in [0.2, 0.25) is 0 Å². The predicted octanol–water partition coefficient (Wildman–Crippen LogP) is 3.52. The van der Waals surface area contributed by atoms with Crippen molar-refractivity contribution in [1.82, 2.24) is 9.97 Å². The van der Waals surface area contributed by atoms with Gasteiger partial charge in [-0.25, -0.2) is 9.97 Å². The molecule has 5 rings (SSSR count). The molecule has 0 aliphatic carbocycles. The van der Waals surface area contributed by atoms with Gasteiger partial charge in [0.1, 0.15) is 12.1 Å². The number of fused-ring (bicyclic) bond motifs is 1. The Morgan fingerprint density at radius 3 is 2.62 bits per heavy atom. The summed E-state index contributed by atoms with van der Waals surface area (Å²) in [5.41, 5.74) is 4.35. The van der Waals surface area contributed by atoms with E-state index in [9.17, 15) is 4.79 Å². The number of benzene rings is 2. The number of aromatic nitrogens is 2. The Kier molecular flexibility index (Phi) is 5.90. The van der Waals surface area contributed by atoms with Crippen LogP contribution in [0.1, 0.15) is 12.8 Å². The number of rotatable bonds is 4. The maximum atomic E-state index is 12.2. The zero-order valence-corrected chi connectivity index (χ0v) is 18.4. The van der Waals surface area contributed by atoms with E-state index in [1.54, 1.807) is 6.33 Å². The average molecular weight is 433 g/mol. The summed E-state index contributed by atoms with van der Waals surface area (Å²) in [6.45, 7) is 4.86. The van der Waals surface area contributed by atoms with Gasteiger partial charge in [0.15, 0.2) is 0 Å². The first-order valence-corrected chi connectivity index (χ1v) is 11.2. The second-order valence-corrected chi connectivity index (χ2v) is 8.35. The zero-order valence-electron chi connectivity index (χ0n) is 18.4. The summed E-state index contributed by atoms with van der Waals surface area (Å²) in [6.07, 6.45) is 3.40. The fourth-order valence-corrected chi connectivity index (χ4v) is 4.78. The van der Waals surface area contributed by atoms with Crippen molar-refractivity contribution in [1.29, 1.82) is 0 Å². The SMILES string of the molecule is COC(=O)C1CCCN(c2ncnc3cccc(-c4ccc(N5CCOCC5)cc4)c23)C1. The first-order chi connectivity index (χ1) is 15.7. The second-order valence-electron chi connectivity index (χ2n) is 8.35. The first-order valence-electron chi connectivity index (χ1n) is 11.2. The highest BCUT2D eigenvalue weighted by molar-refractivity contribution is 6.02. The Labute approximate surface area is 188 Å². The van der Waals surface area contributed by atoms with Crippen molar-refractivity contribution in [2.45, 2.75) is 12.8 Å². The summed E-state index contributed by atoms with van der Waals surface area (Å²) in [5, 5.41) is 1.03. The molecule has 3 heterocycles. The third-order valence-corrected chi connectivity index (χ3v) is 6.45. The van der Waals surface area contributed by atoms with Gasteiger partial charge in [-0.2, -0.15) is 0 Å². The summed E-state index contributed by atoms with van der Waals surface area (Å²) < 4.78 is 10.5. The quantitative estimate of drug-likeness (QED) is 0.584. The molecule has 2 fully saturated rings. The summed E-state index contributed by atoms with van der Waals surface area (Å²) in [7, 11) is 1.46. The van der Waals surface area contributed by atoms with E-state index < -0.39 is 0 Å². The molecule has 166 valence electrons. The van der Waals surface area contributed by atoms with Crippen molar-refractivity contribution < 1.29 is 14.3 Å². The minimum absolute atomic E-state index is 0.126. The van der Waals surface area contributed by atoms with Crippen LogP contribution in [0, 0.1) is 5.92 Å². The van der Waals surface area contributed by atoms with E-state index in [4.69, 9.17) is 9.47 Å². The molecule has 0 spiro atoms. The van der Waals surface area contributed by atoms with E-state index in [0.717, 1.165) is 73.5 Å². The van der Waals surface area contributed by atoms with E-state index in [2.05, 4.69) is 50.1 Å². The minimum Gasteiger partial charge on any atom is -0.469 e. The molecule has 2 aliphatic heterocycles. The number of esters is 1. The average Bonchev–Trinajstić information content (AvgIpc) is 2.88. The number of anilines is 2. The van der Waals surface area contributed by atoms with Crippen molar-refractivity contribution in [2.75, 3.05) is 56.3 Å². The van der Waals surface area contributed by atoms with Crippen LogP contribution in [0.25, 0.3) is 22.0 Å². The molecule has 1 unspecified atom stereocenters. The number of piperidine rings is 1. The normalized spacial score (nSPS) is 19.2. The first kappa shape index (κ1) is 20.7. The number of methoxy groups -OCH3 is 1. The number of nitrogens with zero attached hydrogens (tertiary/aromatic N) is 4. The van der Waals surface area contributed by atoms with Crippen LogP contribution in [0.2, 0.25) is 0 Å². The van der Waals surface area contributed by atoms with Gasteiger partial charge in [0, 0.05) is 31.9 Å². The molecule has 0 bridgehead atoms. The Bertz CT molecular complexity index is 1090. The second kappa shape index (κ2) is 9.12. The monoisotopic (exact) mass is 432 g/mol. The van der Waals surface area contributed by atoms with Gasteiger partial charge in [0.25, 0.3) is 0 Å². The topological polar surface area (TPSA) is 67.8 Å². The van der Waals surface area contributed by atoms with Gasteiger partial charge >= 0.3 is 5.97 Å². The lowest BCUT2D eigenvalue weighted by Crippen LogP contribution is -2.39. The minimum atomic E-state index is -0.146. The maximum Gasteiger partial charge on any atom is 0.310 e. The molecule has 0 radical (unpaired) electrons. The molecule has 2 aromatic carbocycles. The number of hydrogen-bond donors (Lipinski definition) is 0. The molecule has 3 aromatic rings. The van der Waals surface area contributed by atoms with Crippen LogP contribution < -0.4 is 9.80 Å². The Hall–Kier alpha value is -3.19. The van der Waals surface area contributed by atoms with E-state index in [-0.39, 0.29) is 11.9 Å². The fraction of sp³-hybridized carbons (Fsp3) is 0.400. The third kappa shape index (κ3) is 4.00. The number of hydrogen-bond acceptors (Lipinski definition) is 7. The fourth-order valence-electron chi connectivity index (χ4n) is 4.78. The summed E-state index contributed by atoms with van der Waals surface area (Å²) in [4.78, 5) is 25.9. The van der Waals surface area contributed by atoms with E-state index >= 15 is 0 Å². The van der Waals surface area contributed by atoms with Crippen LogP contribution in [0.15, 0.2) is 48.8 Å².